The maximum atomic E-state index is 12.4. The second-order valence-electron chi connectivity index (χ2n) is 10.6. The van der Waals surface area contributed by atoms with Crippen molar-refractivity contribution in [3.05, 3.63) is 53.9 Å². The van der Waals surface area contributed by atoms with Crippen LogP contribution in [0.1, 0.15) is 56.1 Å². The van der Waals surface area contributed by atoms with Gasteiger partial charge in [0.05, 0.1) is 5.54 Å². The van der Waals surface area contributed by atoms with Crippen molar-refractivity contribution in [3.63, 3.8) is 0 Å². The second-order valence-corrected chi connectivity index (χ2v) is 10.6. The van der Waals surface area contributed by atoms with Crippen molar-refractivity contribution in [2.24, 2.45) is 0 Å². The molecule has 176 valence electrons. The fourth-order valence-corrected chi connectivity index (χ4v) is 5.46. The molecule has 0 atom stereocenters. The summed E-state index contributed by atoms with van der Waals surface area (Å²) < 4.78 is 12.9. The topological polar surface area (TPSA) is 76.9 Å². The van der Waals surface area contributed by atoms with Gasteiger partial charge in [-0.05, 0) is 51.7 Å². The van der Waals surface area contributed by atoms with E-state index in [4.69, 9.17) is 9.47 Å². The van der Waals surface area contributed by atoms with Gasteiger partial charge in [0, 0.05) is 37.9 Å². The molecule has 1 aliphatic heterocycles. The van der Waals surface area contributed by atoms with Gasteiger partial charge in [-0.1, -0.05) is 30.3 Å². The number of nitrogens with zero attached hydrogens (tertiary/aromatic N) is 4. The maximum Gasteiger partial charge on any atom is 0.410 e. The zero-order valence-electron chi connectivity index (χ0n) is 19.6. The Hall–Kier alpha value is -2.87. The summed E-state index contributed by atoms with van der Waals surface area (Å²) in [6.07, 6.45) is 4.78. The highest BCUT2D eigenvalue weighted by molar-refractivity contribution is 5.87. The molecule has 6 rings (SSSR count). The smallest absolute Gasteiger partial charge is 0.410 e. The van der Waals surface area contributed by atoms with Crippen LogP contribution in [-0.4, -0.2) is 69.0 Å². The highest BCUT2D eigenvalue weighted by Crippen LogP contribution is 2.67. The SMILES string of the molecule is CC(C)(C)OC(=O)c1ccn(C23CC(N4CCN(C(=O)OCc5ccccc5)CC4)(C2)C3)n1. The third kappa shape index (κ3) is 4.12. The highest BCUT2D eigenvalue weighted by Gasteiger charge is 2.71. The Balaban J connectivity index is 1.10. The molecule has 2 heterocycles. The van der Waals surface area contributed by atoms with Crippen LogP contribution in [0.3, 0.4) is 0 Å². The molecular formula is C25H32N4O4. The first-order valence-electron chi connectivity index (χ1n) is 11.7. The molecule has 1 saturated heterocycles. The number of amides is 1. The molecular weight excluding hydrogens is 420 g/mol. The van der Waals surface area contributed by atoms with Gasteiger partial charge in [-0.25, -0.2) is 9.59 Å². The fourth-order valence-electron chi connectivity index (χ4n) is 5.46. The fraction of sp³-hybridized carbons (Fsp3) is 0.560. The van der Waals surface area contributed by atoms with Gasteiger partial charge in [0.1, 0.15) is 12.2 Å². The molecule has 0 N–H and O–H groups in total. The van der Waals surface area contributed by atoms with Crippen LogP contribution >= 0.6 is 0 Å². The number of hydrogen-bond acceptors (Lipinski definition) is 6. The van der Waals surface area contributed by atoms with Crippen LogP contribution in [0, 0.1) is 0 Å². The summed E-state index contributed by atoms with van der Waals surface area (Å²) in [4.78, 5) is 29.1. The molecule has 8 heteroatoms. The van der Waals surface area contributed by atoms with Crippen LogP contribution in [0.15, 0.2) is 42.6 Å². The van der Waals surface area contributed by atoms with E-state index in [1.165, 1.54) is 0 Å². The molecule has 1 amide bonds. The Bertz CT molecular complexity index is 1010. The Kier molecular flexibility index (Phi) is 5.23. The number of rotatable bonds is 5. The van der Waals surface area contributed by atoms with Gasteiger partial charge in [0.25, 0.3) is 0 Å². The molecule has 1 aromatic carbocycles. The van der Waals surface area contributed by atoms with E-state index in [1.807, 2.05) is 62.0 Å². The summed E-state index contributed by atoms with van der Waals surface area (Å²) in [7, 11) is 0. The average molecular weight is 453 g/mol. The van der Waals surface area contributed by atoms with Crippen molar-refractivity contribution >= 4 is 12.1 Å². The Morgan fingerprint density at radius 1 is 0.970 bits per heavy atom. The minimum atomic E-state index is -0.530. The van der Waals surface area contributed by atoms with Gasteiger partial charge >= 0.3 is 12.1 Å². The lowest BCUT2D eigenvalue weighted by molar-refractivity contribution is -0.217. The molecule has 1 aromatic heterocycles. The normalized spacial score (nSPS) is 26.8. The predicted octanol–water partition coefficient (Wildman–Crippen LogP) is 3.42. The van der Waals surface area contributed by atoms with Crippen LogP contribution in [-0.2, 0) is 21.6 Å². The highest BCUT2D eigenvalue weighted by atomic mass is 16.6. The standard InChI is InChI=1S/C25H32N4O4/c1-23(2,3)33-21(30)20-9-10-29(26-20)25-16-24(17-25,18-25)28-13-11-27(12-14-28)22(31)32-15-19-7-5-4-6-8-19/h4-10H,11-18H2,1-3H3. The van der Waals surface area contributed by atoms with Gasteiger partial charge in [-0.3, -0.25) is 9.58 Å². The molecule has 3 aliphatic carbocycles. The van der Waals surface area contributed by atoms with Crippen molar-refractivity contribution in [1.29, 1.82) is 0 Å². The van der Waals surface area contributed by atoms with Crippen LogP contribution < -0.4 is 0 Å². The lowest BCUT2D eigenvalue weighted by Gasteiger charge is -2.74. The van der Waals surface area contributed by atoms with E-state index in [0.29, 0.717) is 25.4 Å². The molecule has 0 spiro atoms. The van der Waals surface area contributed by atoms with Crippen LogP contribution in [0.25, 0.3) is 0 Å². The predicted molar refractivity (Wildman–Crippen MR) is 122 cm³/mol. The average Bonchev–Trinajstić information content (AvgIpc) is 3.20. The minimum absolute atomic E-state index is 0.0199. The van der Waals surface area contributed by atoms with Gasteiger partial charge in [-0.2, -0.15) is 5.10 Å². The Morgan fingerprint density at radius 2 is 1.64 bits per heavy atom. The first kappa shape index (κ1) is 21.9. The Morgan fingerprint density at radius 3 is 2.27 bits per heavy atom. The zero-order chi connectivity index (χ0) is 23.3. The third-order valence-corrected chi connectivity index (χ3v) is 7.07. The number of carbonyl (C=O) groups is 2. The molecule has 0 unspecified atom stereocenters. The van der Waals surface area contributed by atoms with E-state index >= 15 is 0 Å². The number of ether oxygens (including phenoxy) is 2. The first-order valence-corrected chi connectivity index (χ1v) is 11.7. The summed E-state index contributed by atoms with van der Waals surface area (Å²) in [6, 6.07) is 11.5. The number of benzene rings is 1. The second kappa shape index (κ2) is 7.87. The number of esters is 1. The largest absolute Gasteiger partial charge is 0.455 e. The quantitative estimate of drug-likeness (QED) is 0.647. The van der Waals surface area contributed by atoms with Crippen molar-refractivity contribution in [2.75, 3.05) is 26.2 Å². The summed E-state index contributed by atoms with van der Waals surface area (Å²) in [5.74, 6) is -0.377. The van der Waals surface area contributed by atoms with Crippen molar-refractivity contribution in [3.8, 4) is 0 Å². The lowest BCUT2D eigenvalue weighted by Crippen LogP contribution is -2.80. The number of aromatic nitrogens is 2. The van der Waals surface area contributed by atoms with Crippen LogP contribution in [0.5, 0.6) is 0 Å². The van der Waals surface area contributed by atoms with Gasteiger partial charge in [-0.15, -0.1) is 0 Å². The molecule has 4 aliphatic rings. The third-order valence-electron chi connectivity index (χ3n) is 7.07. The summed E-state index contributed by atoms with van der Waals surface area (Å²) in [5.41, 5.74) is 1.06. The van der Waals surface area contributed by atoms with E-state index in [0.717, 1.165) is 37.9 Å². The van der Waals surface area contributed by atoms with Crippen LogP contribution in [0.4, 0.5) is 4.79 Å². The van der Waals surface area contributed by atoms with Gasteiger partial charge < -0.3 is 14.4 Å². The summed E-state index contributed by atoms with van der Waals surface area (Å²) in [6.45, 7) is 8.97. The number of piperazine rings is 1. The van der Waals surface area contributed by atoms with E-state index in [1.54, 1.807) is 11.0 Å². The molecule has 0 radical (unpaired) electrons. The molecule has 2 aromatic rings. The van der Waals surface area contributed by atoms with Crippen molar-refractivity contribution in [1.82, 2.24) is 19.6 Å². The number of hydrogen-bond donors (Lipinski definition) is 0. The lowest BCUT2D eigenvalue weighted by atomic mass is 9.43. The zero-order valence-corrected chi connectivity index (χ0v) is 19.6. The van der Waals surface area contributed by atoms with E-state index in [9.17, 15) is 9.59 Å². The Labute approximate surface area is 194 Å². The van der Waals surface area contributed by atoms with Gasteiger partial charge in [0.2, 0.25) is 0 Å². The van der Waals surface area contributed by atoms with Gasteiger partial charge in [0.15, 0.2) is 5.69 Å². The summed E-state index contributed by atoms with van der Waals surface area (Å²) in [5, 5.41) is 4.54. The van der Waals surface area contributed by atoms with Crippen molar-refractivity contribution < 1.29 is 19.1 Å². The van der Waals surface area contributed by atoms with Crippen LogP contribution in [0.2, 0.25) is 0 Å². The molecule has 4 fully saturated rings. The van der Waals surface area contributed by atoms with E-state index in [2.05, 4.69) is 10.00 Å². The minimum Gasteiger partial charge on any atom is -0.455 e. The van der Waals surface area contributed by atoms with Crippen molar-refractivity contribution in [2.45, 2.75) is 63.3 Å². The maximum absolute atomic E-state index is 12.4. The summed E-state index contributed by atoms with van der Waals surface area (Å²) >= 11 is 0. The molecule has 8 nitrogen and oxygen atoms in total. The van der Waals surface area contributed by atoms with E-state index < -0.39 is 5.60 Å². The molecule has 3 saturated carbocycles. The first-order chi connectivity index (χ1) is 15.7. The van der Waals surface area contributed by atoms with E-state index in [-0.39, 0.29) is 23.1 Å². The monoisotopic (exact) mass is 452 g/mol. The molecule has 33 heavy (non-hydrogen) atoms. The number of carbonyl (C=O) groups excluding carboxylic acids is 2. The molecule has 2 bridgehead atoms.